The third-order valence-electron chi connectivity index (χ3n) is 5.42. The normalized spacial score (nSPS) is 17.1. The van der Waals surface area contributed by atoms with Crippen LogP contribution in [0, 0.1) is 13.8 Å². The van der Waals surface area contributed by atoms with Crippen LogP contribution in [0.15, 0.2) is 45.7 Å². The van der Waals surface area contributed by atoms with Gasteiger partial charge in [-0.15, -0.1) is 0 Å². The number of carbonyl (C=O) groups is 3. The Morgan fingerprint density at radius 3 is 2.55 bits per heavy atom. The highest BCUT2D eigenvalue weighted by Crippen LogP contribution is 2.27. The number of nitrogens with zero attached hydrogens (tertiary/aromatic N) is 2. The minimum atomic E-state index is -0.663. The van der Waals surface area contributed by atoms with E-state index in [1.807, 2.05) is 60.1 Å². The van der Waals surface area contributed by atoms with Crippen LogP contribution in [-0.4, -0.2) is 47.5 Å². The summed E-state index contributed by atoms with van der Waals surface area (Å²) >= 11 is 1.89. The first-order chi connectivity index (χ1) is 14.8. The van der Waals surface area contributed by atoms with Crippen molar-refractivity contribution in [3.8, 4) is 11.1 Å². The van der Waals surface area contributed by atoms with Gasteiger partial charge in [0.25, 0.3) is 5.91 Å². The number of hydrogen-bond acceptors (Lipinski definition) is 4. The van der Waals surface area contributed by atoms with Gasteiger partial charge in [-0.3, -0.25) is 14.4 Å². The lowest BCUT2D eigenvalue weighted by atomic mass is 9.96. The van der Waals surface area contributed by atoms with Crippen molar-refractivity contribution < 1.29 is 14.4 Å². The van der Waals surface area contributed by atoms with Crippen LogP contribution in [0.2, 0.25) is 0 Å². The minimum absolute atomic E-state index is 0.0547. The largest absolute Gasteiger partial charge is 0.370 e. The highest BCUT2D eigenvalue weighted by molar-refractivity contribution is 14.1. The second-order valence-corrected chi connectivity index (χ2v) is 8.14. The SMILES string of the molecule is Cc1cc(-c2ccccc2C)ccc1C(=O)N1C/C(=N/I)C[C@H]1C(=O)NCCC(N)=O. The van der Waals surface area contributed by atoms with Gasteiger partial charge < -0.3 is 16.0 Å². The zero-order valence-electron chi connectivity index (χ0n) is 17.5. The summed E-state index contributed by atoms with van der Waals surface area (Å²) in [5.41, 5.74) is 10.6. The molecule has 2 aromatic rings. The van der Waals surface area contributed by atoms with Crippen LogP contribution >= 0.6 is 22.9 Å². The summed E-state index contributed by atoms with van der Waals surface area (Å²) in [6, 6.07) is 13.2. The molecule has 1 saturated heterocycles. The quantitative estimate of drug-likeness (QED) is 0.559. The van der Waals surface area contributed by atoms with E-state index in [4.69, 9.17) is 5.73 Å². The summed E-state index contributed by atoms with van der Waals surface area (Å²) < 4.78 is 4.18. The second-order valence-electron chi connectivity index (χ2n) is 7.66. The smallest absolute Gasteiger partial charge is 0.255 e. The molecule has 3 rings (SSSR count). The third-order valence-corrected chi connectivity index (χ3v) is 6.11. The van der Waals surface area contributed by atoms with Crippen molar-refractivity contribution in [1.82, 2.24) is 10.2 Å². The summed E-state index contributed by atoms with van der Waals surface area (Å²) in [6.07, 6.45) is 0.427. The van der Waals surface area contributed by atoms with E-state index in [-0.39, 0.29) is 24.8 Å². The van der Waals surface area contributed by atoms with Crippen molar-refractivity contribution in [3.05, 3.63) is 59.2 Å². The fourth-order valence-electron chi connectivity index (χ4n) is 3.76. The van der Waals surface area contributed by atoms with Gasteiger partial charge in [-0.2, -0.15) is 0 Å². The molecule has 8 heteroatoms. The van der Waals surface area contributed by atoms with Crippen molar-refractivity contribution in [2.24, 2.45) is 8.94 Å². The third kappa shape index (κ3) is 5.30. The number of benzene rings is 2. The molecule has 31 heavy (non-hydrogen) atoms. The van der Waals surface area contributed by atoms with Gasteiger partial charge in [0.1, 0.15) is 6.04 Å². The molecule has 1 aliphatic rings. The van der Waals surface area contributed by atoms with E-state index in [0.717, 1.165) is 28.0 Å². The van der Waals surface area contributed by atoms with Crippen molar-refractivity contribution >= 4 is 46.3 Å². The van der Waals surface area contributed by atoms with Crippen LogP contribution in [0.1, 0.15) is 34.3 Å². The maximum absolute atomic E-state index is 13.4. The number of halogens is 1. The molecule has 0 unspecified atom stereocenters. The highest BCUT2D eigenvalue weighted by Gasteiger charge is 2.38. The molecular formula is C23H25IN4O3. The van der Waals surface area contributed by atoms with E-state index >= 15 is 0 Å². The Morgan fingerprint density at radius 1 is 1.16 bits per heavy atom. The average Bonchev–Trinajstić information content (AvgIpc) is 3.18. The molecular weight excluding hydrogens is 507 g/mol. The molecule has 1 aliphatic heterocycles. The van der Waals surface area contributed by atoms with Crippen molar-refractivity contribution in [1.29, 1.82) is 0 Å². The maximum Gasteiger partial charge on any atom is 0.255 e. The van der Waals surface area contributed by atoms with E-state index in [9.17, 15) is 14.4 Å². The van der Waals surface area contributed by atoms with Gasteiger partial charge in [0.05, 0.1) is 29.4 Å². The number of rotatable bonds is 6. The van der Waals surface area contributed by atoms with Crippen LogP contribution in [0.25, 0.3) is 11.1 Å². The lowest BCUT2D eigenvalue weighted by Gasteiger charge is -2.24. The molecule has 7 nitrogen and oxygen atoms in total. The molecule has 1 fully saturated rings. The Kier molecular flexibility index (Phi) is 7.42. The number of hydrogen-bond donors (Lipinski definition) is 2. The number of primary amides is 1. The van der Waals surface area contributed by atoms with Crippen LogP contribution in [-0.2, 0) is 9.59 Å². The van der Waals surface area contributed by atoms with Crippen LogP contribution in [0.3, 0.4) is 0 Å². The molecule has 2 aromatic carbocycles. The zero-order valence-corrected chi connectivity index (χ0v) is 19.7. The highest BCUT2D eigenvalue weighted by atomic mass is 127. The molecule has 0 aromatic heterocycles. The Balaban J connectivity index is 1.83. The summed E-state index contributed by atoms with van der Waals surface area (Å²) in [7, 11) is 0. The van der Waals surface area contributed by atoms with Crippen LogP contribution in [0.5, 0.6) is 0 Å². The van der Waals surface area contributed by atoms with E-state index in [1.165, 1.54) is 0 Å². The summed E-state index contributed by atoms with van der Waals surface area (Å²) in [4.78, 5) is 38.5. The second kappa shape index (κ2) is 10.0. The number of nitrogens with two attached hydrogens (primary N) is 1. The average molecular weight is 532 g/mol. The van der Waals surface area contributed by atoms with Gasteiger partial charge >= 0.3 is 0 Å². The number of aryl methyl sites for hydroxylation is 2. The molecule has 0 radical (unpaired) electrons. The van der Waals surface area contributed by atoms with Crippen molar-refractivity contribution in [2.45, 2.75) is 32.7 Å². The lowest BCUT2D eigenvalue weighted by molar-refractivity contribution is -0.125. The zero-order chi connectivity index (χ0) is 22.5. The maximum atomic E-state index is 13.4. The Labute approximate surface area is 195 Å². The van der Waals surface area contributed by atoms with Crippen molar-refractivity contribution in [2.75, 3.05) is 13.1 Å². The molecule has 0 saturated carbocycles. The number of carbonyl (C=O) groups excluding carboxylic acids is 3. The predicted molar refractivity (Wildman–Crippen MR) is 129 cm³/mol. The van der Waals surface area contributed by atoms with E-state index in [2.05, 4.69) is 27.6 Å². The Hall–Kier alpha value is -2.75. The van der Waals surface area contributed by atoms with E-state index in [0.29, 0.717) is 18.5 Å². The van der Waals surface area contributed by atoms with E-state index in [1.54, 1.807) is 4.90 Å². The molecule has 0 bridgehead atoms. The summed E-state index contributed by atoms with van der Waals surface area (Å²) in [5, 5.41) is 2.70. The molecule has 162 valence electrons. The minimum Gasteiger partial charge on any atom is -0.370 e. The van der Waals surface area contributed by atoms with Crippen LogP contribution in [0.4, 0.5) is 0 Å². The first kappa shape index (κ1) is 22.9. The van der Waals surface area contributed by atoms with Gasteiger partial charge in [0.15, 0.2) is 0 Å². The van der Waals surface area contributed by atoms with Crippen molar-refractivity contribution in [3.63, 3.8) is 0 Å². The van der Waals surface area contributed by atoms with E-state index < -0.39 is 11.9 Å². The molecule has 1 atom stereocenters. The Morgan fingerprint density at radius 2 is 1.90 bits per heavy atom. The van der Waals surface area contributed by atoms with Gasteiger partial charge in [-0.25, -0.2) is 3.21 Å². The fraction of sp³-hybridized carbons (Fsp3) is 0.304. The monoisotopic (exact) mass is 532 g/mol. The first-order valence-corrected chi connectivity index (χ1v) is 11.0. The lowest BCUT2D eigenvalue weighted by Crippen LogP contribution is -2.46. The molecule has 3 amide bonds. The van der Waals surface area contributed by atoms with Gasteiger partial charge in [-0.1, -0.05) is 36.4 Å². The van der Waals surface area contributed by atoms with Gasteiger partial charge in [0.2, 0.25) is 11.8 Å². The fourth-order valence-corrected chi connectivity index (χ4v) is 4.11. The first-order valence-electron chi connectivity index (χ1n) is 10.0. The summed E-state index contributed by atoms with van der Waals surface area (Å²) in [5.74, 6) is -1.00. The number of likely N-dealkylation sites (tertiary alicyclic amines) is 1. The number of amides is 3. The Bertz CT molecular complexity index is 1050. The van der Waals surface area contributed by atoms with Crippen LogP contribution < -0.4 is 11.1 Å². The molecule has 0 aliphatic carbocycles. The topological polar surface area (TPSA) is 105 Å². The van der Waals surface area contributed by atoms with Gasteiger partial charge in [-0.05, 0) is 42.2 Å². The van der Waals surface area contributed by atoms with Gasteiger partial charge in [0, 0.05) is 30.7 Å². The predicted octanol–water partition coefficient (Wildman–Crippen LogP) is 2.97. The number of nitrogens with one attached hydrogen (secondary N) is 1. The summed E-state index contributed by atoms with van der Waals surface area (Å²) in [6.45, 7) is 4.41. The molecule has 1 heterocycles. The standard InChI is InChI=1S/C23H25IN4O3/c1-14-5-3-4-6-18(14)16-7-8-19(15(2)11-16)23(31)28-13-17(27-24)12-20(28)22(30)26-10-9-21(25)29/h3-8,11,20H,9-10,12-13H2,1-2H3,(H2,25,29)(H,26,30)/b27-17+/t20-/m0/s1. The molecule has 3 N–H and O–H groups in total. The molecule has 0 spiro atoms.